The van der Waals surface area contributed by atoms with Crippen molar-refractivity contribution in [3.63, 3.8) is 0 Å². The summed E-state index contributed by atoms with van der Waals surface area (Å²) in [6.07, 6.45) is 0.558. The zero-order valence-electron chi connectivity index (χ0n) is 15.9. The number of carbonyl (C=O) groups excluding carboxylic acids is 1. The van der Waals surface area contributed by atoms with Gasteiger partial charge in [0.05, 0.1) is 11.5 Å². The topological polar surface area (TPSA) is 72.5 Å². The number of esters is 1. The molecule has 1 unspecified atom stereocenters. The van der Waals surface area contributed by atoms with Gasteiger partial charge in [-0.25, -0.2) is 8.42 Å². The smallest absolute Gasteiger partial charge is 0.325 e. The first-order chi connectivity index (χ1) is 13.4. The second kappa shape index (κ2) is 11.0. The van der Waals surface area contributed by atoms with Crippen LogP contribution in [0.3, 0.4) is 0 Å². The van der Waals surface area contributed by atoms with Crippen molar-refractivity contribution in [3.8, 4) is 0 Å². The monoisotopic (exact) mass is 485 g/mol. The van der Waals surface area contributed by atoms with Gasteiger partial charge in [-0.05, 0) is 42.7 Å². The predicted octanol–water partition coefficient (Wildman–Crippen LogP) is 4.15. The molecule has 1 atom stereocenters. The standard InChI is InChI=1S/C20H24BrNO4S2/c1-3-16-12-17(21)10-11-19(16)28(24,25)22-18(20(23)26-4-2)14-27-13-15-8-6-5-7-9-15/h5-12,18,22H,3-4,13-14H2,1-2H3. The average molecular weight is 486 g/mol. The minimum atomic E-state index is -3.86. The SMILES string of the molecule is CCOC(=O)C(CSCc1ccccc1)NS(=O)(=O)c1ccc(Br)cc1CC. The van der Waals surface area contributed by atoms with E-state index in [1.165, 1.54) is 11.8 Å². The van der Waals surface area contributed by atoms with Crippen LogP contribution in [0.15, 0.2) is 57.9 Å². The van der Waals surface area contributed by atoms with Gasteiger partial charge in [0.1, 0.15) is 6.04 Å². The number of sulfonamides is 1. The number of carbonyl (C=O) groups is 1. The Kier molecular flexibility index (Phi) is 9.01. The number of halogens is 1. The molecule has 1 N–H and O–H groups in total. The lowest BCUT2D eigenvalue weighted by atomic mass is 10.2. The highest BCUT2D eigenvalue weighted by molar-refractivity contribution is 9.10. The number of benzene rings is 2. The third-order valence-electron chi connectivity index (χ3n) is 3.96. The van der Waals surface area contributed by atoms with Gasteiger partial charge in [-0.15, -0.1) is 0 Å². The highest BCUT2D eigenvalue weighted by Gasteiger charge is 2.28. The van der Waals surface area contributed by atoms with Crippen LogP contribution in [0.4, 0.5) is 0 Å². The fourth-order valence-electron chi connectivity index (χ4n) is 2.60. The third-order valence-corrected chi connectivity index (χ3v) is 7.13. The van der Waals surface area contributed by atoms with Crippen LogP contribution >= 0.6 is 27.7 Å². The number of nitrogens with one attached hydrogen (secondary N) is 1. The summed E-state index contributed by atoms with van der Waals surface area (Å²) in [4.78, 5) is 12.5. The van der Waals surface area contributed by atoms with Crippen molar-refractivity contribution in [3.05, 3.63) is 64.1 Å². The Hall–Kier alpha value is -1.35. The Labute approximate surface area is 179 Å². The molecule has 8 heteroatoms. The summed E-state index contributed by atoms with van der Waals surface area (Å²) in [5, 5.41) is 0. The zero-order chi connectivity index (χ0) is 20.6. The van der Waals surface area contributed by atoms with Gasteiger partial charge in [0.2, 0.25) is 10.0 Å². The molecule has 152 valence electrons. The fourth-order valence-corrected chi connectivity index (χ4v) is 5.59. The van der Waals surface area contributed by atoms with E-state index in [4.69, 9.17) is 4.74 Å². The molecule has 2 aromatic rings. The van der Waals surface area contributed by atoms with Gasteiger partial charge in [0.15, 0.2) is 0 Å². The molecule has 0 amide bonds. The maximum Gasteiger partial charge on any atom is 0.325 e. The summed E-state index contributed by atoms with van der Waals surface area (Å²) in [5.41, 5.74) is 1.79. The van der Waals surface area contributed by atoms with Gasteiger partial charge in [0, 0.05) is 16.0 Å². The molecule has 5 nitrogen and oxygen atoms in total. The van der Waals surface area contributed by atoms with Crippen molar-refractivity contribution in [2.24, 2.45) is 0 Å². The number of thioether (sulfide) groups is 1. The molecule has 0 aromatic heterocycles. The summed E-state index contributed by atoms with van der Waals surface area (Å²) in [6.45, 7) is 3.78. The summed E-state index contributed by atoms with van der Waals surface area (Å²) >= 11 is 4.84. The first-order valence-electron chi connectivity index (χ1n) is 8.96. The van der Waals surface area contributed by atoms with Crippen LogP contribution in [-0.4, -0.2) is 32.8 Å². The molecule has 0 saturated heterocycles. The van der Waals surface area contributed by atoms with Crippen molar-refractivity contribution in [1.29, 1.82) is 0 Å². The molecule has 0 aliphatic rings. The van der Waals surface area contributed by atoms with Crippen LogP contribution in [-0.2, 0) is 31.7 Å². The first-order valence-corrected chi connectivity index (χ1v) is 12.4. The lowest BCUT2D eigenvalue weighted by Gasteiger charge is -2.18. The Balaban J connectivity index is 2.15. The number of hydrogen-bond acceptors (Lipinski definition) is 5. The van der Waals surface area contributed by atoms with E-state index in [0.717, 1.165) is 10.0 Å². The Morgan fingerprint density at radius 3 is 2.54 bits per heavy atom. The Bertz CT molecular complexity index is 888. The zero-order valence-corrected chi connectivity index (χ0v) is 19.1. The van der Waals surface area contributed by atoms with E-state index < -0.39 is 22.0 Å². The lowest BCUT2D eigenvalue weighted by molar-refractivity contribution is -0.144. The van der Waals surface area contributed by atoms with Crippen molar-refractivity contribution >= 4 is 43.7 Å². The lowest BCUT2D eigenvalue weighted by Crippen LogP contribution is -2.43. The average Bonchev–Trinajstić information content (AvgIpc) is 2.67. The highest BCUT2D eigenvalue weighted by atomic mass is 79.9. The minimum absolute atomic E-state index is 0.181. The van der Waals surface area contributed by atoms with Gasteiger partial charge >= 0.3 is 5.97 Å². The molecule has 0 aliphatic carbocycles. The molecular weight excluding hydrogens is 462 g/mol. The third kappa shape index (κ3) is 6.62. The Morgan fingerprint density at radius 1 is 1.18 bits per heavy atom. The van der Waals surface area contributed by atoms with Crippen LogP contribution in [0.5, 0.6) is 0 Å². The number of rotatable bonds is 10. The molecule has 0 aliphatic heterocycles. The van der Waals surface area contributed by atoms with E-state index in [0.29, 0.717) is 17.7 Å². The fraction of sp³-hybridized carbons (Fsp3) is 0.350. The quantitative estimate of drug-likeness (QED) is 0.511. The van der Waals surface area contributed by atoms with E-state index >= 15 is 0 Å². The molecule has 0 radical (unpaired) electrons. The van der Waals surface area contributed by atoms with Gasteiger partial charge in [0.25, 0.3) is 0 Å². The summed E-state index contributed by atoms with van der Waals surface area (Å²) in [5.74, 6) is 0.392. The van der Waals surface area contributed by atoms with Gasteiger partial charge in [-0.3, -0.25) is 4.79 Å². The van der Waals surface area contributed by atoms with Crippen molar-refractivity contribution in [2.75, 3.05) is 12.4 Å². The maximum absolute atomic E-state index is 12.9. The van der Waals surface area contributed by atoms with Gasteiger partial charge < -0.3 is 4.74 Å². The van der Waals surface area contributed by atoms with E-state index in [1.807, 2.05) is 37.3 Å². The van der Waals surface area contributed by atoms with Crippen LogP contribution in [0.1, 0.15) is 25.0 Å². The molecule has 2 rings (SSSR count). The minimum Gasteiger partial charge on any atom is -0.465 e. The number of aryl methyl sites for hydroxylation is 1. The molecule has 0 spiro atoms. The molecule has 0 saturated carbocycles. The van der Waals surface area contributed by atoms with Crippen molar-refractivity contribution in [1.82, 2.24) is 4.72 Å². The van der Waals surface area contributed by atoms with Crippen LogP contribution < -0.4 is 4.72 Å². The van der Waals surface area contributed by atoms with E-state index in [2.05, 4.69) is 20.7 Å². The largest absolute Gasteiger partial charge is 0.465 e. The molecule has 0 bridgehead atoms. The maximum atomic E-state index is 12.9. The van der Waals surface area contributed by atoms with Crippen LogP contribution in [0.25, 0.3) is 0 Å². The first kappa shape index (κ1) is 22.9. The normalized spacial score (nSPS) is 12.5. The number of hydrogen-bond donors (Lipinski definition) is 1. The molecular formula is C20H24BrNO4S2. The summed E-state index contributed by atoms with van der Waals surface area (Å²) < 4.78 is 34.3. The molecule has 2 aromatic carbocycles. The molecule has 28 heavy (non-hydrogen) atoms. The molecule has 0 heterocycles. The second-order valence-electron chi connectivity index (χ2n) is 6.03. The van der Waals surface area contributed by atoms with E-state index in [9.17, 15) is 13.2 Å². The van der Waals surface area contributed by atoms with Gasteiger partial charge in [-0.1, -0.05) is 53.2 Å². The summed E-state index contributed by atoms with van der Waals surface area (Å²) in [7, 11) is -3.86. The molecule has 0 fully saturated rings. The van der Waals surface area contributed by atoms with E-state index in [-0.39, 0.29) is 17.3 Å². The van der Waals surface area contributed by atoms with Gasteiger partial charge in [-0.2, -0.15) is 16.5 Å². The van der Waals surface area contributed by atoms with Crippen molar-refractivity contribution < 1.29 is 17.9 Å². The second-order valence-corrected chi connectivity index (χ2v) is 9.66. The van der Waals surface area contributed by atoms with Crippen LogP contribution in [0, 0.1) is 0 Å². The van der Waals surface area contributed by atoms with Crippen LogP contribution in [0.2, 0.25) is 0 Å². The predicted molar refractivity (Wildman–Crippen MR) is 117 cm³/mol. The number of ether oxygens (including phenoxy) is 1. The van der Waals surface area contributed by atoms with Crippen molar-refractivity contribution in [2.45, 2.75) is 37.0 Å². The Morgan fingerprint density at radius 2 is 1.89 bits per heavy atom. The summed E-state index contributed by atoms with van der Waals surface area (Å²) in [6, 6.07) is 13.9. The van der Waals surface area contributed by atoms with E-state index in [1.54, 1.807) is 25.1 Å². The highest BCUT2D eigenvalue weighted by Crippen LogP contribution is 2.22.